The Bertz CT molecular complexity index is 1080. The number of carbonyl (C=O) groups is 1. The molecular weight excluding hydrogens is 442 g/mol. The van der Waals surface area contributed by atoms with E-state index in [0.717, 1.165) is 36.9 Å². The predicted molar refractivity (Wildman–Crippen MR) is 134 cm³/mol. The summed E-state index contributed by atoms with van der Waals surface area (Å²) in [5.41, 5.74) is 1.95. The number of nitrogens with zero attached hydrogens (tertiary/aromatic N) is 3. The number of hydrogen-bond acceptors (Lipinski definition) is 6. The molecule has 0 saturated heterocycles. The van der Waals surface area contributed by atoms with Gasteiger partial charge in [-0.2, -0.15) is 0 Å². The molecule has 0 fully saturated rings. The molecule has 0 radical (unpaired) electrons. The van der Waals surface area contributed by atoms with Crippen LogP contribution in [0.2, 0.25) is 0 Å². The van der Waals surface area contributed by atoms with Crippen molar-refractivity contribution in [2.45, 2.75) is 32.4 Å². The van der Waals surface area contributed by atoms with Crippen molar-refractivity contribution in [1.82, 2.24) is 14.8 Å². The van der Waals surface area contributed by atoms with Gasteiger partial charge >= 0.3 is 0 Å². The summed E-state index contributed by atoms with van der Waals surface area (Å²) in [4.78, 5) is 21.7. The smallest absolute Gasteiger partial charge is 0.237 e. The second-order valence-corrected chi connectivity index (χ2v) is 8.66. The molecule has 7 heteroatoms. The van der Waals surface area contributed by atoms with Gasteiger partial charge in [0, 0.05) is 31.4 Å². The zero-order valence-corrected chi connectivity index (χ0v) is 20.0. The van der Waals surface area contributed by atoms with E-state index in [1.165, 1.54) is 0 Å². The lowest BCUT2D eigenvalue weighted by atomic mass is 10.2. The second-order valence-electron chi connectivity index (χ2n) is 8.66. The van der Waals surface area contributed by atoms with Crippen LogP contribution in [0.25, 0.3) is 0 Å². The molecule has 1 aliphatic heterocycles. The van der Waals surface area contributed by atoms with E-state index in [9.17, 15) is 9.90 Å². The van der Waals surface area contributed by atoms with Gasteiger partial charge in [-0.3, -0.25) is 9.69 Å². The Balaban J connectivity index is 1.53. The van der Waals surface area contributed by atoms with Crippen LogP contribution in [-0.2, 0) is 17.9 Å². The van der Waals surface area contributed by atoms with Crippen molar-refractivity contribution in [2.75, 3.05) is 32.8 Å². The van der Waals surface area contributed by atoms with Crippen molar-refractivity contribution in [3.63, 3.8) is 0 Å². The molecule has 2 aromatic carbocycles. The minimum Gasteiger partial charge on any atom is -0.490 e. The van der Waals surface area contributed by atoms with Crippen LogP contribution in [0.15, 0.2) is 72.9 Å². The highest BCUT2D eigenvalue weighted by atomic mass is 16.5. The lowest BCUT2D eigenvalue weighted by Crippen LogP contribution is -2.41. The summed E-state index contributed by atoms with van der Waals surface area (Å²) in [5.74, 6) is 1.84. The molecule has 4 rings (SSSR count). The first kappa shape index (κ1) is 24.7. The zero-order chi connectivity index (χ0) is 24.3. The number of ether oxygens (including phenoxy) is 2. The van der Waals surface area contributed by atoms with Crippen molar-refractivity contribution < 1.29 is 19.4 Å². The number of fused-ring (bicyclic) bond motifs is 2. The first-order chi connectivity index (χ1) is 17.2. The highest BCUT2D eigenvalue weighted by molar-refractivity contribution is 5.78. The van der Waals surface area contributed by atoms with E-state index in [1.54, 1.807) is 11.1 Å². The van der Waals surface area contributed by atoms with Gasteiger partial charge in [-0.25, -0.2) is 4.98 Å². The van der Waals surface area contributed by atoms with Crippen LogP contribution in [0.4, 0.5) is 0 Å². The minimum atomic E-state index is -0.0709. The van der Waals surface area contributed by atoms with Gasteiger partial charge < -0.3 is 19.5 Å². The van der Waals surface area contributed by atoms with Gasteiger partial charge in [0.15, 0.2) is 11.5 Å². The fourth-order valence-electron chi connectivity index (χ4n) is 4.15. The van der Waals surface area contributed by atoms with Crippen molar-refractivity contribution in [2.24, 2.45) is 0 Å². The summed E-state index contributed by atoms with van der Waals surface area (Å²) < 4.78 is 12.2. The van der Waals surface area contributed by atoms with E-state index in [4.69, 9.17) is 9.47 Å². The Morgan fingerprint density at radius 1 is 0.971 bits per heavy atom. The van der Waals surface area contributed by atoms with Crippen LogP contribution in [-0.4, -0.2) is 58.6 Å². The Kier molecular flexibility index (Phi) is 9.09. The summed E-state index contributed by atoms with van der Waals surface area (Å²) in [6.45, 7) is 2.88. The molecule has 0 bridgehead atoms. The van der Waals surface area contributed by atoms with Gasteiger partial charge in [0.05, 0.1) is 19.8 Å². The molecule has 35 heavy (non-hydrogen) atoms. The zero-order valence-electron chi connectivity index (χ0n) is 20.0. The molecule has 2 heterocycles. The van der Waals surface area contributed by atoms with E-state index < -0.39 is 0 Å². The van der Waals surface area contributed by atoms with E-state index in [2.05, 4.69) is 9.88 Å². The summed E-state index contributed by atoms with van der Waals surface area (Å²) in [7, 11) is 0. The van der Waals surface area contributed by atoms with Crippen molar-refractivity contribution in [3.8, 4) is 17.4 Å². The third-order valence-corrected chi connectivity index (χ3v) is 5.97. The van der Waals surface area contributed by atoms with Crippen LogP contribution in [0, 0.1) is 0 Å². The molecule has 0 atom stereocenters. The van der Waals surface area contributed by atoms with Crippen molar-refractivity contribution in [3.05, 3.63) is 84.1 Å². The lowest BCUT2D eigenvalue weighted by Gasteiger charge is -2.27. The molecular formula is C28H33N3O4. The number of pyridine rings is 1. The van der Waals surface area contributed by atoms with Crippen LogP contribution < -0.4 is 9.47 Å². The number of aromatic nitrogens is 1. The summed E-state index contributed by atoms with van der Waals surface area (Å²) in [6, 6.07) is 21.4. The number of aliphatic hydroxyl groups is 1. The third kappa shape index (κ3) is 7.28. The van der Waals surface area contributed by atoms with Gasteiger partial charge in [0.25, 0.3) is 0 Å². The maximum Gasteiger partial charge on any atom is 0.237 e. The molecule has 0 unspecified atom stereocenters. The Labute approximate surface area is 206 Å². The van der Waals surface area contributed by atoms with Gasteiger partial charge in [-0.1, -0.05) is 48.5 Å². The number of carbonyl (C=O) groups excluding carboxylic acids is 1. The molecule has 3 aromatic rings. The van der Waals surface area contributed by atoms with E-state index >= 15 is 0 Å². The molecule has 1 N–H and O–H groups in total. The second kappa shape index (κ2) is 12.9. The molecule has 0 aliphatic carbocycles. The Morgan fingerprint density at radius 3 is 2.60 bits per heavy atom. The minimum absolute atomic E-state index is 0.00717. The largest absolute Gasteiger partial charge is 0.490 e. The van der Waals surface area contributed by atoms with Gasteiger partial charge in [0.2, 0.25) is 11.8 Å². The molecule has 1 amide bonds. The number of benzene rings is 2. The molecule has 0 saturated carbocycles. The predicted octanol–water partition coefficient (Wildman–Crippen LogP) is 4.26. The number of aliphatic hydroxyl groups excluding tert-OH is 1. The highest BCUT2D eigenvalue weighted by Gasteiger charge is 2.20. The van der Waals surface area contributed by atoms with E-state index in [0.29, 0.717) is 43.6 Å². The fraction of sp³-hybridized carbons (Fsp3) is 0.357. The number of para-hydroxylation sites is 2. The maximum absolute atomic E-state index is 13.3. The van der Waals surface area contributed by atoms with Crippen LogP contribution in [0.3, 0.4) is 0 Å². The molecule has 1 aromatic heterocycles. The van der Waals surface area contributed by atoms with Crippen molar-refractivity contribution in [1.29, 1.82) is 0 Å². The van der Waals surface area contributed by atoms with Crippen LogP contribution in [0.1, 0.15) is 30.4 Å². The topological polar surface area (TPSA) is 75.1 Å². The number of hydrogen-bond donors (Lipinski definition) is 1. The quantitative estimate of drug-likeness (QED) is 0.574. The van der Waals surface area contributed by atoms with E-state index in [1.807, 2.05) is 66.7 Å². The Hall–Kier alpha value is -3.42. The fourth-order valence-corrected chi connectivity index (χ4v) is 4.15. The van der Waals surface area contributed by atoms with Crippen molar-refractivity contribution >= 4 is 5.91 Å². The van der Waals surface area contributed by atoms with Crippen LogP contribution >= 0.6 is 0 Å². The van der Waals surface area contributed by atoms with Gasteiger partial charge in [-0.05, 0) is 49.6 Å². The first-order valence-electron chi connectivity index (χ1n) is 12.2. The highest BCUT2D eigenvalue weighted by Crippen LogP contribution is 2.32. The molecule has 7 nitrogen and oxygen atoms in total. The summed E-state index contributed by atoms with van der Waals surface area (Å²) in [5, 5.41) is 9.57. The lowest BCUT2D eigenvalue weighted by molar-refractivity contribution is -0.133. The first-order valence-corrected chi connectivity index (χ1v) is 12.2. The average molecular weight is 476 g/mol. The van der Waals surface area contributed by atoms with E-state index in [-0.39, 0.29) is 19.1 Å². The van der Waals surface area contributed by atoms with Crippen LogP contribution in [0.5, 0.6) is 17.4 Å². The summed E-state index contributed by atoms with van der Waals surface area (Å²) >= 11 is 0. The molecule has 184 valence electrons. The average Bonchev–Trinajstić information content (AvgIpc) is 2.89. The third-order valence-electron chi connectivity index (χ3n) is 5.97. The SMILES string of the molecule is O=C(CN1CCCCCOc2ccccc2Oc2ncccc2C1)N(CCO)Cc1ccccc1. The molecule has 0 spiro atoms. The number of rotatable bonds is 6. The van der Waals surface area contributed by atoms with Gasteiger partial charge in [-0.15, -0.1) is 0 Å². The number of amides is 1. The molecule has 1 aliphatic rings. The monoisotopic (exact) mass is 475 g/mol. The standard InChI is InChI=1S/C28H33N3O4/c32-18-17-31(20-23-10-3-1-4-11-23)27(33)22-30-16-7-2-8-19-34-25-13-5-6-14-26(25)35-28-24(21-30)12-9-15-29-28/h1,3-6,9-15,32H,2,7-8,16-22H2. The normalized spacial score (nSPS) is 14.7. The van der Waals surface area contributed by atoms with Gasteiger partial charge in [0.1, 0.15) is 0 Å². The Morgan fingerprint density at radius 2 is 1.77 bits per heavy atom. The summed E-state index contributed by atoms with van der Waals surface area (Å²) in [6.07, 6.45) is 4.58. The maximum atomic E-state index is 13.3.